The van der Waals surface area contributed by atoms with Gasteiger partial charge < -0.3 is 20.1 Å². The molecule has 11 heteroatoms. The quantitative estimate of drug-likeness (QED) is 0.525. The van der Waals surface area contributed by atoms with E-state index in [1.165, 1.54) is 10.7 Å². The molecule has 3 aromatic heterocycles. The molecule has 0 aromatic carbocycles. The largest absolute Gasteiger partial charge is 0.367 e. The highest BCUT2D eigenvalue weighted by atomic mass is 16.5. The molecule has 2 aliphatic rings. The molecule has 1 amide bonds. The summed E-state index contributed by atoms with van der Waals surface area (Å²) in [6.45, 7) is 3.60. The van der Waals surface area contributed by atoms with Crippen molar-refractivity contribution in [2.45, 2.75) is 32.2 Å². The Morgan fingerprint density at radius 3 is 2.83 bits per heavy atom. The summed E-state index contributed by atoms with van der Waals surface area (Å²) < 4.78 is 6.33. The maximum atomic E-state index is 12.4. The van der Waals surface area contributed by atoms with E-state index in [1.54, 1.807) is 25.3 Å². The lowest BCUT2D eigenvalue weighted by Crippen LogP contribution is -2.47. The van der Waals surface area contributed by atoms with E-state index >= 15 is 0 Å². The van der Waals surface area contributed by atoms with Gasteiger partial charge in [0, 0.05) is 37.8 Å². The van der Waals surface area contributed by atoms with E-state index in [-0.39, 0.29) is 29.2 Å². The SMILES string of the molecule is Cc1cc(C(=O)NC[C@@H]2CC[C@H](Nc3ccc(-n4nc(N5CC(C#N)C5)ccc4=O)cn3)C2)on1. The molecule has 11 nitrogen and oxygen atoms in total. The van der Waals surface area contributed by atoms with Crippen molar-refractivity contribution >= 4 is 17.5 Å². The minimum Gasteiger partial charge on any atom is -0.367 e. The number of pyridine rings is 1. The Bertz CT molecular complexity index is 1300. The van der Waals surface area contributed by atoms with Gasteiger partial charge in [-0.2, -0.15) is 9.94 Å². The number of anilines is 2. The van der Waals surface area contributed by atoms with Crippen LogP contribution in [0.3, 0.4) is 0 Å². The Kier molecular flexibility index (Phi) is 6.18. The summed E-state index contributed by atoms with van der Waals surface area (Å²) in [5.74, 6) is 1.76. The van der Waals surface area contributed by atoms with Crippen molar-refractivity contribution < 1.29 is 9.32 Å². The van der Waals surface area contributed by atoms with Crippen molar-refractivity contribution in [3.8, 4) is 11.8 Å². The third-order valence-corrected chi connectivity index (χ3v) is 6.46. The number of aromatic nitrogens is 4. The van der Waals surface area contributed by atoms with Crippen LogP contribution in [0.2, 0.25) is 0 Å². The van der Waals surface area contributed by atoms with Gasteiger partial charge in [-0.25, -0.2) is 4.98 Å². The fourth-order valence-electron chi connectivity index (χ4n) is 4.49. The molecular formula is C24H26N8O3. The first-order valence-electron chi connectivity index (χ1n) is 11.7. The summed E-state index contributed by atoms with van der Waals surface area (Å²) in [6, 6.07) is 10.9. The number of nitrogens with one attached hydrogen (secondary N) is 2. The number of aryl methyl sites for hydroxylation is 1. The Morgan fingerprint density at radius 1 is 1.26 bits per heavy atom. The first-order chi connectivity index (χ1) is 17.0. The number of carbonyl (C=O) groups is 1. The lowest BCUT2D eigenvalue weighted by molar-refractivity contribution is 0.0910. The van der Waals surface area contributed by atoms with Crippen LogP contribution in [0.15, 0.2) is 45.8 Å². The zero-order valence-corrected chi connectivity index (χ0v) is 19.3. The van der Waals surface area contributed by atoms with Gasteiger partial charge in [-0.05, 0) is 50.3 Å². The molecule has 2 atom stereocenters. The molecule has 4 heterocycles. The van der Waals surface area contributed by atoms with Crippen molar-refractivity contribution in [1.29, 1.82) is 5.26 Å². The zero-order chi connectivity index (χ0) is 24.4. The molecule has 1 saturated carbocycles. The molecule has 0 bridgehead atoms. The van der Waals surface area contributed by atoms with Crippen LogP contribution in [0, 0.1) is 30.1 Å². The lowest BCUT2D eigenvalue weighted by Gasteiger charge is -2.36. The van der Waals surface area contributed by atoms with Crippen LogP contribution in [0.25, 0.3) is 5.69 Å². The number of hydrogen-bond donors (Lipinski definition) is 2. The predicted octanol–water partition coefficient (Wildman–Crippen LogP) is 1.89. The van der Waals surface area contributed by atoms with Crippen LogP contribution in [-0.4, -0.2) is 51.5 Å². The van der Waals surface area contributed by atoms with Gasteiger partial charge >= 0.3 is 0 Å². The van der Waals surface area contributed by atoms with E-state index in [0.29, 0.717) is 42.8 Å². The van der Waals surface area contributed by atoms with Crippen LogP contribution in [0.4, 0.5) is 11.6 Å². The summed E-state index contributed by atoms with van der Waals surface area (Å²) in [4.78, 5) is 31.0. The van der Waals surface area contributed by atoms with Gasteiger partial charge in [-0.1, -0.05) is 5.16 Å². The summed E-state index contributed by atoms with van der Waals surface area (Å²) >= 11 is 0. The topological polar surface area (TPSA) is 142 Å². The fraction of sp³-hybridized carbons (Fsp3) is 0.417. The van der Waals surface area contributed by atoms with E-state index < -0.39 is 0 Å². The van der Waals surface area contributed by atoms with Crippen LogP contribution < -0.4 is 21.1 Å². The molecule has 5 rings (SSSR count). The van der Waals surface area contributed by atoms with Crippen molar-refractivity contribution in [3.63, 3.8) is 0 Å². The van der Waals surface area contributed by atoms with Crippen molar-refractivity contribution in [2.24, 2.45) is 11.8 Å². The van der Waals surface area contributed by atoms with Gasteiger partial charge in [0.15, 0.2) is 0 Å². The first kappa shape index (κ1) is 22.6. The molecule has 0 radical (unpaired) electrons. The predicted molar refractivity (Wildman–Crippen MR) is 127 cm³/mol. The van der Waals surface area contributed by atoms with Gasteiger partial charge in [0.2, 0.25) is 5.76 Å². The number of rotatable bonds is 7. The number of nitrogens with zero attached hydrogens (tertiary/aromatic N) is 6. The minimum atomic E-state index is -0.244. The van der Waals surface area contributed by atoms with E-state index in [1.807, 2.05) is 17.0 Å². The van der Waals surface area contributed by atoms with E-state index in [0.717, 1.165) is 25.1 Å². The molecule has 35 heavy (non-hydrogen) atoms. The molecule has 180 valence electrons. The molecule has 2 N–H and O–H groups in total. The third kappa shape index (κ3) is 5.01. The second-order valence-corrected chi connectivity index (χ2v) is 9.14. The summed E-state index contributed by atoms with van der Waals surface area (Å²) in [7, 11) is 0. The monoisotopic (exact) mass is 474 g/mol. The Labute approximate surface area is 201 Å². The minimum absolute atomic E-state index is 0.00762. The second-order valence-electron chi connectivity index (χ2n) is 9.14. The molecule has 2 fully saturated rings. The Hall–Kier alpha value is -4.20. The van der Waals surface area contributed by atoms with Crippen LogP contribution in [0.1, 0.15) is 35.5 Å². The highest BCUT2D eigenvalue weighted by molar-refractivity contribution is 5.91. The first-order valence-corrected chi connectivity index (χ1v) is 11.7. The number of carbonyl (C=O) groups excluding carboxylic acids is 1. The van der Waals surface area contributed by atoms with Gasteiger partial charge in [0.25, 0.3) is 11.5 Å². The lowest BCUT2D eigenvalue weighted by atomic mass is 10.0. The molecule has 0 unspecified atom stereocenters. The molecule has 1 aliphatic heterocycles. The van der Waals surface area contributed by atoms with E-state index in [2.05, 4.69) is 31.9 Å². The average Bonchev–Trinajstić information content (AvgIpc) is 3.47. The smallest absolute Gasteiger partial charge is 0.289 e. The average molecular weight is 475 g/mol. The standard InChI is InChI=1S/C24H26N8O3/c1-15-8-20(35-30-15)24(34)27-11-16-2-3-18(9-16)28-21-5-4-19(12-26-21)32-23(33)7-6-22(29-32)31-13-17(10-25)14-31/h4-8,12,16-18H,2-3,9,11,13-14H2,1H3,(H,26,28)(H,27,34)/t16-,18+/m1/s1. The van der Waals surface area contributed by atoms with Crippen LogP contribution in [0.5, 0.6) is 0 Å². The molecule has 3 aromatic rings. The highest BCUT2D eigenvalue weighted by Gasteiger charge is 2.28. The Morgan fingerprint density at radius 2 is 2.11 bits per heavy atom. The summed E-state index contributed by atoms with van der Waals surface area (Å²) in [5.41, 5.74) is 1.02. The molecule has 1 aliphatic carbocycles. The highest BCUT2D eigenvalue weighted by Crippen LogP contribution is 2.27. The molecular weight excluding hydrogens is 448 g/mol. The van der Waals surface area contributed by atoms with Gasteiger partial charge in [0.05, 0.1) is 29.6 Å². The maximum absolute atomic E-state index is 12.4. The number of nitriles is 1. The fourth-order valence-corrected chi connectivity index (χ4v) is 4.49. The van der Waals surface area contributed by atoms with Crippen molar-refractivity contribution in [3.05, 3.63) is 58.3 Å². The van der Waals surface area contributed by atoms with Gasteiger partial charge in [-0.3, -0.25) is 9.59 Å². The normalized spacial score (nSPS) is 19.7. The van der Waals surface area contributed by atoms with Gasteiger partial charge in [-0.15, -0.1) is 5.10 Å². The second kappa shape index (κ2) is 9.58. The van der Waals surface area contributed by atoms with E-state index in [4.69, 9.17) is 9.78 Å². The Balaban J connectivity index is 1.15. The molecule has 1 saturated heterocycles. The zero-order valence-electron chi connectivity index (χ0n) is 19.3. The maximum Gasteiger partial charge on any atom is 0.289 e. The summed E-state index contributed by atoms with van der Waals surface area (Å²) in [6.07, 6.45) is 4.52. The van der Waals surface area contributed by atoms with E-state index in [9.17, 15) is 9.59 Å². The van der Waals surface area contributed by atoms with Crippen molar-refractivity contribution in [1.82, 2.24) is 25.2 Å². The molecule has 0 spiro atoms. The third-order valence-electron chi connectivity index (χ3n) is 6.46. The van der Waals surface area contributed by atoms with Gasteiger partial charge in [0.1, 0.15) is 11.6 Å². The van der Waals surface area contributed by atoms with Crippen LogP contribution >= 0.6 is 0 Å². The van der Waals surface area contributed by atoms with Crippen molar-refractivity contribution in [2.75, 3.05) is 29.9 Å². The number of hydrogen-bond acceptors (Lipinski definition) is 9. The van der Waals surface area contributed by atoms with Crippen LogP contribution in [-0.2, 0) is 0 Å². The number of amides is 1. The summed E-state index contributed by atoms with van der Waals surface area (Å²) in [5, 5.41) is 23.5.